The number of nitrogens with one attached hydrogen (secondary N) is 2. The topological polar surface area (TPSA) is 132 Å². The Labute approximate surface area is 253 Å². The van der Waals surface area contributed by atoms with Crippen molar-refractivity contribution in [3.05, 3.63) is 86.2 Å². The average molecular weight is 641 g/mol. The molecule has 0 saturated heterocycles. The number of pyridine rings is 1. The summed E-state index contributed by atoms with van der Waals surface area (Å²) in [6.45, 7) is 0.375. The average Bonchev–Trinajstić information content (AvgIpc) is 3.27. The monoisotopic (exact) mass is 639 g/mol. The Morgan fingerprint density at radius 3 is 2.29 bits per heavy atom. The number of halogens is 4. The van der Waals surface area contributed by atoms with Crippen molar-refractivity contribution >= 4 is 87.2 Å². The summed E-state index contributed by atoms with van der Waals surface area (Å²) in [5.74, 6) is -1.26. The molecular formula is C26H21Cl4N5O6. The lowest BCUT2D eigenvalue weighted by Gasteiger charge is -2.20. The molecule has 0 saturated carbocycles. The molecule has 214 valence electrons. The predicted molar refractivity (Wildman–Crippen MR) is 156 cm³/mol. The normalized spacial score (nSPS) is 10.2. The second-order valence-electron chi connectivity index (χ2n) is 7.90. The summed E-state index contributed by atoms with van der Waals surface area (Å²) in [5.41, 5.74) is 2.35. The summed E-state index contributed by atoms with van der Waals surface area (Å²) in [6.07, 6.45) is 0.674. The summed E-state index contributed by atoms with van der Waals surface area (Å²) < 4.78 is 9.75. The van der Waals surface area contributed by atoms with E-state index in [1.54, 1.807) is 36.4 Å². The minimum Gasteiger partial charge on any atom is -0.471 e. The lowest BCUT2D eigenvalue weighted by molar-refractivity contribution is -0.126. The highest BCUT2D eigenvalue weighted by Crippen LogP contribution is 2.36. The van der Waals surface area contributed by atoms with Gasteiger partial charge in [-0.15, -0.1) is 0 Å². The molecule has 0 spiro atoms. The molecule has 0 unspecified atom stereocenters. The van der Waals surface area contributed by atoms with Crippen molar-refractivity contribution in [3.8, 4) is 5.82 Å². The fourth-order valence-electron chi connectivity index (χ4n) is 3.55. The number of rotatable bonds is 5. The van der Waals surface area contributed by atoms with E-state index in [9.17, 15) is 14.4 Å². The smallest absolute Gasteiger partial charge is 0.428 e. The largest absolute Gasteiger partial charge is 0.471 e. The molecular weight excluding hydrogens is 620 g/mol. The highest BCUT2D eigenvalue weighted by Gasteiger charge is 2.26. The number of amides is 3. The van der Waals surface area contributed by atoms with Crippen LogP contribution < -0.4 is 10.7 Å². The van der Waals surface area contributed by atoms with E-state index in [2.05, 4.69) is 25.2 Å². The number of nitrogens with zero attached hydrogens (tertiary/aromatic N) is 3. The van der Waals surface area contributed by atoms with Gasteiger partial charge in [0.15, 0.2) is 5.82 Å². The van der Waals surface area contributed by atoms with Gasteiger partial charge in [0, 0.05) is 18.6 Å². The number of methoxy groups -OCH3 is 2. The van der Waals surface area contributed by atoms with Crippen molar-refractivity contribution in [2.45, 2.75) is 0 Å². The Balaban J connectivity index is 0.00000108. The minimum atomic E-state index is -0.805. The van der Waals surface area contributed by atoms with Crippen LogP contribution in [0, 0.1) is 0 Å². The van der Waals surface area contributed by atoms with Gasteiger partial charge in [0.25, 0.3) is 18.3 Å². The molecule has 3 amide bonds. The van der Waals surface area contributed by atoms with Gasteiger partial charge in [0.2, 0.25) is 0 Å². The van der Waals surface area contributed by atoms with Crippen LogP contribution in [0.4, 0.5) is 10.5 Å². The number of hydrazine groups is 1. The van der Waals surface area contributed by atoms with E-state index in [-0.39, 0.29) is 43.0 Å². The number of carbonyl (C=O) groups excluding carboxylic acids is 4. The Kier molecular flexibility index (Phi) is 10.8. The molecule has 0 fully saturated rings. The van der Waals surface area contributed by atoms with Crippen molar-refractivity contribution in [2.75, 3.05) is 26.6 Å². The number of ether oxygens (including phenoxy) is 2. The molecule has 0 radical (unpaired) electrons. The van der Waals surface area contributed by atoms with E-state index in [1.165, 1.54) is 44.2 Å². The lowest BCUT2D eigenvalue weighted by Crippen LogP contribution is -2.43. The van der Waals surface area contributed by atoms with Crippen molar-refractivity contribution in [1.29, 1.82) is 0 Å². The summed E-state index contributed by atoms with van der Waals surface area (Å²) >= 11 is 25.6. The predicted octanol–water partition coefficient (Wildman–Crippen LogP) is 6.02. The van der Waals surface area contributed by atoms with Crippen molar-refractivity contribution < 1.29 is 28.7 Å². The Hall–Kier alpha value is -4.03. The fraction of sp³-hybridized carbons (Fsp3) is 0.115. The number of hydrogen-bond donors (Lipinski definition) is 2. The Morgan fingerprint density at radius 1 is 0.976 bits per heavy atom. The van der Waals surface area contributed by atoms with Gasteiger partial charge in [-0.1, -0.05) is 70.7 Å². The molecule has 0 aliphatic rings. The number of hydrogen-bond acceptors (Lipinski definition) is 7. The van der Waals surface area contributed by atoms with E-state index in [1.807, 2.05) is 0 Å². The van der Waals surface area contributed by atoms with Gasteiger partial charge in [0.1, 0.15) is 10.8 Å². The van der Waals surface area contributed by atoms with Crippen LogP contribution >= 0.6 is 46.4 Å². The standard InChI is InChI=1S/C24H17Cl4N5O4.C2H4O2/c1-32(24(36)37-2)31-22(34)14-10-12-6-3-4-7-13(12)18(27)19(14)30-23(35)17-11-16(26)20(28)33(17)21-15(25)8-5-9-29-21;1-4-2-3/h3-11H,1-2H3,(H,30,35)(H,31,34);2H,1H3. The van der Waals surface area contributed by atoms with E-state index < -0.39 is 17.9 Å². The lowest BCUT2D eigenvalue weighted by atomic mass is 10.0. The van der Waals surface area contributed by atoms with Gasteiger partial charge in [-0.05, 0) is 29.7 Å². The van der Waals surface area contributed by atoms with Gasteiger partial charge in [-0.25, -0.2) is 14.8 Å². The van der Waals surface area contributed by atoms with Crippen molar-refractivity contribution in [3.63, 3.8) is 0 Å². The first-order valence-corrected chi connectivity index (χ1v) is 12.9. The first-order valence-electron chi connectivity index (χ1n) is 11.3. The molecule has 11 nitrogen and oxygen atoms in total. The van der Waals surface area contributed by atoms with E-state index in [4.69, 9.17) is 51.2 Å². The molecule has 2 aromatic carbocycles. The molecule has 4 rings (SSSR count). The van der Waals surface area contributed by atoms with Crippen molar-refractivity contribution in [2.24, 2.45) is 0 Å². The number of anilines is 1. The van der Waals surface area contributed by atoms with Crippen molar-refractivity contribution in [1.82, 2.24) is 20.0 Å². The van der Waals surface area contributed by atoms with Crippen LogP contribution in [0.15, 0.2) is 54.7 Å². The summed E-state index contributed by atoms with van der Waals surface area (Å²) in [7, 11) is 3.79. The number of carbonyl (C=O) groups is 4. The first kappa shape index (κ1) is 31.5. The molecule has 4 aromatic rings. The second kappa shape index (κ2) is 14.0. The fourth-order valence-corrected chi connectivity index (χ4v) is 4.49. The minimum absolute atomic E-state index is 0.00625. The summed E-state index contributed by atoms with van der Waals surface area (Å²) in [5, 5.41) is 5.15. The van der Waals surface area contributed by atoms with Crippen LogP contribution in [-0.4, -0.2) is 60.2 Å². The third kappa shape index (κ3) is 7.01. The third-order valence-electron chi connectivity index (χ3n) is 5.36. The van der Waals surface area contributed by atoms with Crippen LogP contribution in [0.2, 0.25) is 20.2 Å². The van der Waals surface area contributed by atoms with E-state index in [0.29, 0.717) is 17.2 Å². The molecule has 0 aliphatic carbocycles. The molecule has 0 atom stereocenters. The van der Waals surface area contributed by atoms with Crippen LogP contribution in [0.1, 0.15) is 20.8 Å². The third-order valence-corrected chi connectivity index (χ3v) is 6.81. The van der Waals surface area contributed by atoms with Gasteiger partial charge >= 0.3 is 6.09 Å². The Bertz CT molecular complexity index is 1630. The van der Waals surface area contributed by atoms with E-state index in [0.717, 1.165) is 5.01 Å². The number of aromatic nitrogens is 2. The maximum Gasteiger partial charge on any atom is 0.428 e. The van der Waals surface area contributed by atoms with Gasteiger partial charge < -0.3 is 14.8 Å². The van der Waals surface area contributed by atoms with Gasteiger partial charge in [0.05, 0.1) is 40.5 Å². The van der Waals surface area contributed by atoms with Crippen LogP contribution in [0.3, 0.4) is 0 Å². The maximum absolute atomic E-state index is 13.5. The molecule has 2 aromatic heterocycles. The van der Waals surface area contributed by atoms with Crippen LogP contribution in [0.25, 0.3) is 16.6 Å². The highest BCUT2D eigenvalue weighted by molar-refractivity contribution is 6.43. The molecule has 0 bridgehead atoms. The zero-order valence-corrected chi connectivity index (χ0v) is 24.6. The number of benzene rings is 2. The first-order chi connectivity index (χ1) is 19.5. The summed E-state index contributed by atoms with van der Waals surface area (Å²) in [4.78, 5) is 51.6. The van der Waals surface area contributed by atoms with E-state index >= 15 is 0 Å². The molecule has 2 heterocycles. The van der Waals surface area contributed by atoms with Gasteiger partial charge in [-0.3, -0.25) is 24.4 Å². The molecule has 0 aliphatic heterocycles. The molecule has 15 heteroatoms. The quantitative estimate of drug-likeness (QED) is 0.201. The molecule has 41 heavy (non-hydrogen) atoms. The van der Waals surface area contributed by atoms with Crippen LogP contribution in [0.5, 0.6) is 0 Å². The number of fused-ring (bicyclic) bond motifs is 1. The second-order valence-corrected chi connectivity index (χ2v) is 9.45. The zero-order valence-electron chi connectivity index (χ0n) is 21.6. The zero-order chi connectivity index (χ0) is 30.3. The summed E-state index contributed by atoms with van der Waals surface area (Å²) in [6, 6.07) is 13.1. The highest BCUT2D eigenvalue weighted by atomic mass is 35.5. The van der Waals surface area contributed by atoms with Crippen LogP contribution in [-0.2, 0) is 14.3 Å². The Morgan fingerprint density at radius 2 is 1.66 bits per heavy atom. The SMILES string of the molecule is COC(=O)N(C)NC(=O)c1cc2ccccc2c(Cl)c1NC(=O)c1cc(Cl)c(Cl)n1-c1ncccc1Cl.COC=O. The maximum atomic E-state index is 13.5. The molecule has 2 N–H and O–H groups in total. The van der Waals surface area contributed by atoms with Gasteiger partial charge in [-0.2, -0.15) is 0 Å².